The van der Waals surface area contributed by atoms with Crippen molar-refractivity contribution in [3.05, 3.63) is 89.8 Å². The van der Waals surface area contributed by atoms with Crippen molar-refractivity contribution in [1.29, 1.82) is 0 Å². The highest BCUT2D eigenvalue weighted by Crippen LogP contribution is 2.23. The van der Waals surface area contributed by atoms with Crippen LogP contribution in [0.15, 0.2) is 66.9 Å². The van der Waals surface area contributed by atoms with Crippen molar-refractivity contribution in [2.24, 2.45) is 0 Å². The Balaban J connectivity index is 0.000000192. The molecular weight excluding hydrogens is 362 g/mol. The van der Waals surface area contributed by atoms with Crippen molar-refractivity contribution >= 4 is 11.6 Å². The molecule has 2 heterocycles. The van der Waals surface area contributed by atoms with E-state index >= 15 is 0 Å². The predicted molar refractivity (Wildman–Crippen MR) is 104 cm³/mol. The summed E-state index contributed by atoms with van der Waals surface area (Å²) in [6.45, 7) is 3.02. The molecule has 0 atom stereocenters. The number of benzene rings is 2. The van der Waals surface area contributed by atoms with Crippen LogP contribution in [0.2, 0.25) is 0 Å². The van der Waals surface area contributed by atoms with E-state index in [-0.39, 0.29) is 17.5 Å². The SMILES string of the molecule is CCOc1cccc(F)c1.O=C1c2cccnc2CCN1c1ccc(F)cc1. The van der Waals surface area contributed by atoms with Gasteiger partial charge in [0, 0.05) is 30.9 Å². The molecule has 0 spiro atoms. The van der Waals surface area contributed by atoms with Crippen LogP contribution in [-0.4, -0.2) is 24.0 Å². The molecule has 4 rings (SSSR count). The fourth-order valence-corrected chi connectivity index (χ4v) is 2.89. The Hall–Kier alpha value is -3.28. The molecule has 2 aromatic carbocycles. The molecule has 6 heteroatoms. The maximum atomic E-state index is 12.9. The lowest BCUT2D eigenvalue weighted by Gasteiger charge is -2.27. The smallest absolute Gasteiger partial charge is 0.260 e. The number of nitrogens with zero attached hydrogens (tertiary/aromatic N) is 2. The Bertz CT molecular complexity index is 945. The van der Waals surface area contributed by atoms with E-state index in [1.54, 1.807) is 47.5 Å². The van der Waals surface area contributed by atoms with Gasteiger partial charge in [-0.2, -0.15) is 0 Å². The average molecular weight is 382 g/mol. The van der Waals surface area contributed by atoms with E-state index in [9.17, 15) is 13.6 Å². The van der Waals surface area contributed by atoms with Gasteiger partial charge in [-0.3, -0.25) is 9.78 Å². The molecule has 0 aliphatic carbocycles. The third-order valence-electron chi connectivity index (χ3n) is 4.18. The summed E-state index contributed by atoms with van der Waals surface area (Å²) >= 11 is 0. The molecule has 1 aromatic heterocycles. The summed E-state index contributed by atoms with van der Waals surface area (Å²) in [5, 5.41) is 0. The quantitative estimate of drug-likeness (QED) is 0.662. The van der Waals surface area contributed by atoms with Gasteiger partial charge >= 0.3 is 0 Å². The summed E-state index contributed by atoms with van der Waals surface area (Å²) in [6, 6.07) is 15.6. The fraction of sp³-hybridized carbons (Fsp3) is 0.182. The molecule has 0 fully saturated rings. The number of aromatic nitrogens is 1. The molecule has 0 saturated heterocycles. The van der Waals surface area contributed by atoms with Crippen LogP contribution in [0, 0.1) is 11.6 Å². The third kappa shape index (κ3) is 4.71. The average Bonchev–Trinajstić information content (AvgIpc) is 2.70. The zero-order valence-electron chi connectivity index (χ0n) is 15.4. The minimum absolute atomic E-state index is 0.0732. The van der Waals surface area contributed by atoms with Crippen molar-refractivity contribution in [2.45, 2.75) is 13.3 Å². The van der Waals surface area contributed by atoms with E-state index in [2.05, 4.69) is 4.98 Å². The summed E-state index contributed by atoms with van der Waals surface area (Å²) < 4.78 is 30.3. The molecule has 1 amide bonds. The van der Waals surface area contributed by atoms with Gasteiger partial charge in [-0.05, 0) is 55.5 Å². The molecule has 0 saturated carbocycles. The summed E-state index contributed by atoms with van der Waals surface area (Å²) in [6.07, 6.45) is 2.42. The topological polar surface area (TPSA) is 42.4 Å². The molecule has 1 aliphatic heterocycles. The second-order valence-electron chi connectivity index (χ2n) is 6.07. The Labute approximate surface area is 162 Å². The lowest BCUT2D eigenvalue weighted by atomic mass is 10.0. The van der Waals surface area contributed by atoms with Crippen molar-refractivity contribution in [1.82, 2.24) is 4.98 Å². The molecule has 0 N–H and O–H groups in total. The zero-order chi connectivity index (χ0) is 19.9. The van der Waals surface area contributed by atoms with Gasteiger partial charge in [0.2, 0.25) is 0 Å². The highest BCUT2D eigenvalue weighted by atomic mass is 19.1. The minimum atomic E-state index is -0.301. The Morgan fingerprint density at radius 2 is 1.82 bits per heavy atom. The van der Waals surface area contributed by atoms with Crippen LogP contribution in [0.25, 0.3) is 0 Å². The molecule has 0 unspecified atom stereocenters. The van der Waals surface area contributed by atoms with E-state index in [0.717, 1.165) is 17.8 Å². The second kappa shape index (κ2) is 9.08. The van der Waals surface area contributed by atoms with Crippen LogP contribution in [-0.2, 0) is 6.42 Å². The number of rotatable bonds is 3. The normalized spacial score (nSPS) is 12.7. The number of halogens is 2. The molecule has 3 aromatic rings. The third-order valence-corrected chi connectivity index (χ3v) is 4.18. The predicted octanol–water partition coefficient (Wildman–Crippen LogP) is 4.65. The summed E-state index contributed by atoms with van der Waals surface area (Å²) in [4.78, 5) is 18.2. The van der Waals surface area contributed by atoms with Crippen LogP contribution >= 0.6 is 0 Å². The fourth-order valence-electron chi connectivity index (χ4n) is 2.89. The van der Waals surface area contributed by atoms with E-state index in [4.69, 9.17) is 4.74 Å². The Morgan fingerprint density at radius 3 is 2.54 bits per heavy atom. The second-order valence-corrected chi connectivity index (χ2v) is 6.07. The van der Waals surface area contributed by atoms with Crippen LogP contribution in [0.3, 0.4) is 0 Å². The van der Waals surface area contributed by atoms with E-state index in [1.165, 1.54) is 24.3 Å². The van der Waals surface area contributed by atoms with Gasteiger partial charge in [0.05, 0.1) is 17.9 Å². The van der Waals surface area contributed by atoms with Crippen LogP contribution in [0.4, 0.5) is 14.5 Å². The number of ether oxygens (including phenoxy) is 1. The van der Waals surface area contributed by atoms with Gasteiger partial charge in [-0.15, -0.1) is 0 Å². The standard InChI is InChI=1S/C14H11FN2O.C8H9FO/c15-10-3-5-11(6-4-10)17-9-7-13-12(14(17)18)2-1-8-16-13;1-2-10-8-5-3-4-7(9)6-8/h1-6,8H,7,9H2;3-6H,2H2,1H3. The first-order valence-corrected chi connectivity index (χ1v) is 8.98. The van der Waals surface area contributed by atoms with Gasteiger partial charge in [-0.1, -0.05) is 6.07 Å². The minimum Gasteiger partial charge on any atom is -0.494 e. The monoisotopic (exact) mass is 382 g/mol. The number of hydrogen-bond acceptors (Lipinski definition) is 3. The van der Waals surface area contributed by atoms with Crippen LogP contribution in [0.5, 0.6) is 5.75 Å². The summed E-state index contributed by atoms with van der Waals surface area (Å²) in [5.74, 6) is -0.0466. The van der Waals surface area contributed by atoms with Crippen molar-refractivity contribution in [3.8, 4) is 5.75 Å². The highest BCUT2D eigenvalue weighted by molar-refractivity contribution is 6.07. The van der Waals surface area contributed by atoms with E-state index in [1.807, 2.05) is 6.92 Å². The van der Waals surface area contributed by atoms with Gasteiger partial charge in [0.1, 0.15) is 17.4 Å². The molecule has 28 heavy (non-hydrogen) atoms. The Morgan fingerprint density at radius 1 is 1.04 bits per heavy atom. The summed E-state index contributed by atoms with van der Waals surface area (Å²) in [5.41, 5.74) is 2.19. The lowest BCUT2D eigenvalue weighted by molar-refractivity contribution is 0.0980. The molecule has 4 nitrogen and oxygen atoms in total. The zero-order valence-corrected chi connectivity index (χ0v) is 15.4. The van der Waals surface area contributed by atoms with E-state index in [0.29, 0.717) is 24.5 Å². The molecule has 0 radical (unpaired) electrons. The maximum Gasteiger partial charge on any atom is 0.260 e. The lowest BCUT2D eigenvalue weighted by Crippen LogP contribution is -2.38. The number of carbonyl (C=O) groups is 1. The number of hydrogen-bond donors (Lipinski definition) is 0. The molecule has 1 aliphatic rings. The Kier molecular flexibility index (Phi) is 6.32. The first-order valence-electron chi connectivity index (χ1n) is 8.98. The highest BCUT2D eigenvalue weighted by Gasteiger charge is 2.25. The summed E-state index contributed by atoms with van der Waals surface area (Å²) in [7, 11) is 0. The van der Waals surface area contributed by atoms with Crippen molar-refractivity contribution in [3.63, 3.8) is 0 Å². The number of amides is 1. The van der Waals surface area contributed by atoms with Gasteiger partial charge in [0.15, 0.2) is 0 Å². The first-order chi connectivity index (χ1) is 13.6. The van der Waals surface area contributed by atoms with E-state index < -0.39 is 0 Å². The van der Waals surface area contributed by atoms with Crippen molar-refractivity contribution in [2.75, 3.05) is 18.1 Å². The number of pyridine rings is 1. The maximum absolute atomic E-state index is 12.9. The molecule has 0 bridgehead atoms. The number of carbonyl (C=O) groups excluding carboxylic acids is 1. The van der Waals surface area contributed by atoms with Gasteiger partial charge in [-0.25, -0.2) is 8.78 Å². The van der Waals surface area contributed by atoms with Crippen LogP contribution in [0.1, 0.15) is 23.0 Å². The first kappa shape index (κ1) is 19.5. The van der Waals surface area contributed by atoms with Gasteiger partial charge < -0.3 is 9.64 Å². The number of fused-ring (bicyclic) bond motifs is 1. The van der Waals surface area contributed by atoms with Crippen LogP contribution < -0.4 is 9.64 Å². The number of anilines is 1. The largest absolute Gasteiger partial charge is 0.494 e. The molecule has 144 valence electrons. The van der Waals surface area contributed by atoms with Crippen molar-refractivity contribution < 1.29 is 18.3 Å². The molecular formula is C22H20F2N2O2. The van der Waals surface area contributed by atoms with Gasteiger partial charge in [0.25, 0.3) is 5.91 Å².